The molecule has 8 heteroatoms. The molecule has 1 unspecified atom stereocenters. The number of carbonyl (C=O) groups is 1. The van der Waals surface area contributed by atoms with Crippen LogP contribution in [0, 0.1) is 6.92 Å². The molecule has 0 fully saturated rings. The predicted molar refractivity (Wildman–Crippen MR) is 74.1 cm³/mol. The molecule has 1 aromatic heterocycles. The van der Waals surface area contributed by atoms with Gasteiger partial charge in [0.05, 0.1) is 5.75 Å². The predicted octanol–water partition coefficient (Wildman–Crippen LogP) is 0.887. The molecule has 0 saturated carbocycles. The molecule has 1 atom stereocenters. The lowest BCUT2D eigenvalue weighted by Gasteiger charge is -2.11. The standard InChI is InChI=1S/C12H20N2O5S/c1-9-8-11(14-19-9)13-12(16)10(2)20(17,18)7-5-3-4-6-15/h8,10,15H,3-7H2,1-2H3,(H,13,14,16). The third-order valence-electron chi connectivity index (χ3n) is 2.87. The maximum atomic E-state index is 12.0. The lowest BCUT2D eigenvalue weighted by atomic mass is 10.3. The maximum Gasteiger partial charge on any atom is 0.243 e. The fraction of sp³-hybridized carbons (Fsp3) is 0.667. The topological polar surface area (TPSA) is 110 Å². The number of carbonyl (C=O) groups excluding carboxylic acids is 1. The van der Waals surface area contributed by atoms with Crippen LogP contribution in [-0.4, -0.2) is 42.2 Å². The van der Waals surface area contributed by atoms with E-state index in [1.165, 1.54) is 13.0 Å². The SMILES string of the molecule is Cc1cc(NC(=O)C(C)S(=O)(=O)CCCCCO)no1. The Morgan fingerprint density at radius 1 is 1.45 bits per heavy atom. The molecule has 0 saturated heterocycles. The van der Waals surface area contributed by atoms with E-state index in [0.29, 0.717) is 25.0 Å². The molecule has 0 aliphatic carbocycles. The van der Waals surface area contributed by atoms with Crippen LogP contribution in [0.4, 0.5) is 5.82 Å². The van der Waals surface area contributed by atoms with Gasteiger partial charge in [0, 0.05) is 12.7 Å². The van der Waals surface area contributed by atoms with Gasteiger partial charge in [-0.3, -0.25) is 4.79 Å². The van der Waals surface area contributed by atoms with Crippen molar-refractivity contribution in [3.05, 3.63) is 11.8 Å². The number of hydrogen-bond donors (Lipinski definition) is 2. The molecular formula is C12H20N2O5S. The molecule has 1 amide bonds. The van der Waals surface area contributed by atoms with Gasteiger partial charge < -0.3 is 14.9 Å². The van der Waals surface area contributed by atoms with E-state index in [9.17, 15) is 13.2 Å². The highest BCUT2D eigenvalue weighted by Crippen LogP contribution is 2.11. The summed E-state index contributed by atoms with van der Waals surface area (Å²) in [5, 5.41) is 13.5. The minimum Gasteiger partial charge on any atom is -0.396 e. The van der Waals surface area contributed by atoms with E-state index in [2.05, 4.69) is 10.5 Å². The van der Waals surface area contributed by atoms with Crippen LogP contribution in [0.1, 0.15) is 31.9 Å². The highest BCUT2D eigenvalue weighted by atomic mass is 32.2. The van der Waals surface area contributed by atoms with Crippen LogP contribution in [0.25, 0.3) is 0 Å². The van der Waals surface area contributed by atoms with E-state index >= 15 is 0 Å². The molecule has 1 aromatic rings. The van der Waals surface area contributed by atoms with Crippen molar-refractivity contribution in [3.8, 4) is 0 Å². The summed E-state index contributed by atoms with van der Waals surface area (Å²) in [5.74, 6) is 0.0366. The van der Waals surface area contributed by atoms with Gasteiger partial charge >= 0.3 is 0 Å². The zero-order valence-corrected chi connectivity index (χ0v) is 12.4. The molecule has 1 heterocycles. The number of unbranched alkanes of at least 4 members (excludes halogenated alkanes) is 2. The number of nitrogens with zero attached hydrogens (tertiary/aromatic N) is 1. The first kappa shape index (κ1) is 16.6. The van der Waals surface area contributed by atoms with Crippen LogP contribution in [0.2, 0.25) is 0 Å². The molecule has 0 bridgehead atoms. The summed E-state index contributed by atoms with van der Waals surface area (Å²) in [7, 11) is -3.51. The van der Waals surface area contributed by atoms with Crippen molar-refractivity contribution in [2.24, 2.45) is 0 Å². The highest BCUT2D eigenvalue weighted by molar-refractivity contribution is 7.92. The zero-order chi connectivity index (χ0) is 15.2. The summed E-state index contributed by atoms with van der Waals surface area (Å²) in [6.45, 7) is 3.06. The van der Waals surface area contributed by atoms with Crippen LogP contribution >= 0.6 is 0 Å². The molecule has 20 heavy (non-hydrogen) atoms. The maximum absolute atomic E-state index is 12.0. The molecule has 0 aromatic carbocycles. The molecule has 1 rings (SSSR count). The van der Waals surface area contributed by atoms with Gasteiger partial charge in [0.1, 0.15) is 11.0 Å². The third kappa shape index (κ3) is 4.93. The lowest BCUT2D eigenvalue weighted by Crippen LogP contribution is -2.34. The van der Waals surface area contributed by atoms with Crippen LogP contribution in [0.5, 0.6) is 0 Å². The third-order valence-corrected chi connectivity index (χ3v) is 5.02. The second-order valence-electron chi connectivity index (χ2n) is 4.61. The van der Waals surface area contributed by atoms with Crippen LogP contribution in [0.3, 0.4) is 0 Å². The number of anilines is 1. The number of nitrogens with one attached hydrogen (secondary N) is 1. The van der Waals surface area contributed by atoms with Crippen molar-refractivity contribution in [2.75, 3.05) is 17.7 Å². The van der Waals surface area contributed by atoms with Gasteiger partial charge in [-0.15, -0.1) is 0 Å². The number of aromatic nitrogens is 1. The minimum atomic E-state index is -3.51. The molecule has 114 valence electrons. The highest BCUT2D eigenvalue weighted by Gasteiger charge is 2.28. The quantitative estimate of drug-likeness (QED) is 0.690. The average Bonchev–Trinajstić information content (AvgIpc) is 2.79. The van der Waals surface area contributed by atoms with Crippen molar-refractivity contribution in [3.63, 3.8) is 0 Å². The Morgan fingerprint density at radius 3 is 2.70 bits per heavy atom. The van der Waals surface area contributed by atoms with Crippen molar-refractivity contribution >= 4 is 21.6 Å². The van der Waals surface area contributed by atoms with Crippen LogP contribution in [-0.2, 0) is 14.6 Å². The number of aliphatic hydroxyl groups excluding tert-OH is 1. The normalized spacial score (nSPS) is 13.2. The summed E-state index contributed by atoms with van der Waals surface area (Å²) in [4.78, 5) is 11.8. The Labute approximate surface area is 118 Å². The second-order valence-corrected chi connectivity index (χ2v) is 7.05. The summed E-state index contributed by atoms with van der Waals surface area (Å²) < 4.78 is 28.7. The molecule has 0 radical (unpaired) electrons. The van der Waals surface area contributed by atoms with Crippen molar-refractivity contribution in [1.29, 1.82) is 0 Å². The zero-order valence-electron chi connectivity index (χ0n) is 11.6. The number of rotatable bonds is 8. The van der Waals surface area contributed by atoms with E-state index in [1.54, 1.807) is 6.92 Å². The monoisotopic (exact) mass is 304 g/mol. The van der Waals surface area contributed by atoms with E-state index in [0.717, 1.165) is 0 Å². The van der Waals surface area contributed by atoms with E-state index in [1.807, 2.05) is 0 Å². The number of sulfone groups is 1. The Balaban J connectivity index is 2.54. The summed E-state index contributed by atoms with van der Waals surface area (Å²) in [6.07, 6.45) is 1.62. The van der Waals surface area contributed by atoms with Gasteiger partial charge in [-0.25, -0.2) is 8.42 Å². The largest absolute Gasteiger partial charge is 0.396 e. The number of aryl methyl sites for hydroxylation is 1. The molecule has 2 N–H and O–H groups in total. The smallest absolute Gasteiger partial charge is 0.243 e. The Kier molecular flexibility index (Phi) is 6.15. The molecule has 0 aliphatic heterocycles. The van der Waals surface area contributed by atoms with Gasteiger partial charge in [0.25, 0.3) is 0 Å². The van der Waals surface area contributed by atoms with Crippen LogP contribution in [0.15, 0.2) is 10.6 Å². The lowest BCUT2D eigenvalue weighted by molar-refractivity contribution is -0.115. The molecule has 0 aliphatic rings. The Bertz CT molecular complexity index is 538. The second kappa shape index (κ2) is 7.39. The first-order chi connectivity index (χ1) is 9.36. The number of amides is 1. The van der Waals surface area contributed by atoms with E-state index in [4.69, 9.17) is 9.63 Å². The average molecular weight is 304 g/mol. The van der Waals surface area contributed by atoms with Gasteiger partial charge in [-0.1, -0.05) is 11.6 Å². The van der Waals surface area contributed by atoms with Gasteiger partial charge in [-0.2, -0.15) is 0 Å². The van der Waals surface area contributed by atoms with E-state index in [-0.39, 0.29) is 18.2 Å². The Morgan fingerprint density at radius 2 is 2.15 bits per heavy atom. The van der Waals surface area contributed by atoms with Crippen molar-refractivity contribution in [1.82, 2.24) is 5.16 Å². The summed E-state index contributed by atoms with van der Waals surface area (Å²) in [6, 6.07) is 1.51. The summed E-state index contributed by atoms with van der Waals surface area (Å²) >= 11 is 0. The minimum absolute atomic E-state index is 0.0433. The molecule has 0 spiro atoms. The fourth-order valence-corrected chi connectivity index (χ4v) is 2.93. The molecular weight excluding hydrogens is 284 g/mol. The van der Waals surface area contributed by atoms with Crippen molar-refractivity contribution in [2.45, 2.75) is 38.4 Å². The van der Waals surface area contributed by atoms with Crippen LogP contribution < -0.4 is 5.32 Å². The first-order valence-corrected chi connectivity index (χ1v) is 8.15. The van der Waals surface area contributed by atoms with Gasteiger partial charge in [0.15, 0.2) is 15.7 Å². The van der Waals surface area contributed by atoms with Gasteiger partial charge in [-0.05, 0) is 26.7 Å². The Hall–Kier alpha value is -1.41. The number of hydrogen-bond acceptors (Lipinski definition) is 6. The first-order valence-electron chi connectivity index (χ1n) is 6.43. The number of aliphatic hydroxyl groups is 1. The van der Waals surface area contributed by atoms with Gasteiger partial charge in [0.2, 0.25) is 5.91 Å². The molecule has 7 nitrogen and oxygen atoms in total. The van der Waals surface area contributed by atoms with E-state index < -0.39 is 21.0 Å². The van der Waals surface area contributed by atoms with Crippen molar-refractivity contribution < 1.29 is 22.8 Å². The summed E-state index contributed by atoms with van der Waals surface area (Å²) in [5.41, 5.74) is 0. The fourth-order valence-electron chi connectivity index (χ4n) is 1.58.